The van der Waals surface area contributed by atoms with Crippen LogP contribution in [0.5, 0.6) is 0 Å². The molecule has 4 rings (SSSR count). The maximum Gasteiger partial charge on any atom is 0.134 e. The highest BCUT2D eigenvalue weighted by Crippen LogP contribution is 2.53. The molecule has 0 saturated heterocycles. The second-order valence-corrected chi connectivity index (χ2v) is 9.24. The third kappa shape index (κ3) is 3.71. The summed E-state index contributed by atoms with van der Waals surface area (Å²) in [6, 6.07) is 7.25. The summed E-state index contributed by atoms with van der Waals surface area (Å²) >= 11 is 3.36. The molecule has 140 valence electrons. The highest BCUT2D eigenvalue weighted by atomic mass is 32.2. The van der Waals surface area contributed by atoms with E-state index in [1.165, 1.54) is 17.0 Å². The Morgan fingerprint density at radius 1 is 1.26 bits per heavy atom. The lowest BCUT2D eigenvalue weighted by Crippen LogP contribution is -2.21. The number of aromatic nitrogens is 1. The average Bonchev–Trinajstić information content (AvgIpc) is 3.28. The van der Waals surface area contributed by atoms with Crippen LogP contribution in [0.15, 0.2) is 59.3 Å². The van der Waals surface area contributed by atoms with Gasteiger partial charge in [-0.05, 0) is 42.0 Å². The average molecular weight is 404 g/mol. The number of thioether (sulfide) groups is 2. The molecule has 0 fully saturated rings. The summed E-state index contributed by atoms with van der Waals surface area (Å²) in [6.07, 6.45) is 5.59. The first-order chi connectivity index (χ1) is 13.0. The van der Waals surface area contributed by atoms with Gasteiger partial charge in [0.1, 0.15) is 17.7 Å². The lowest BCUT2D eigenvalue weighted by Gasteiger charge is -2.25. The molecule has 0 amide bonds. The first-order valence-corrected chi connectivity index (χ1v) is 10.6. The fourth-order valence-electron chi connectivity index (χ4n) is 3.64. The highest BCUT2D eigenvalue weighted by molar-refractivity contribution is 8.08. The summed E-state index contributed by atoms with van der Waals surface area (Å²) in [5.74, 6) is -0.305. The van der Waals surface area contributed by atoms with Gasteiger partial charge in [-0.2, -0.15) is 0 Å². The molecule has 2 aromatic rings. The van der Waals surface area contributed by atoms with Crippen LogP contribution in [0.4, 0.5) is 8.78 Å². The van der Waals surface area contributed by atoms with Crippen LogP contribution in [-0.4, -0.2) is 21.1 Å². The Labute approximate surface area is 165 Å². The Hall–Kier alpha value is -1.63. The quantitative estimate of drug-likeness (QED) is 0.723. The molecule has 3 unspecified atom stereocenters. The van der Waals surface area contributed by atoms with Gasteiger partial charge < -0.3 is 5.11 Å². The predicted molar refractivity (Wildman–Crippen MR) is 108 cm³/mol. The van der Waals surface area contributed by atoms with Gasteiger partial charge in [0.2, 0.25) is 0 Å². The molecule has 0 aliphatic carbocycles. The van der Waals surface area contributed by atoms with E-state index in [1.54, 1.807) is 30.2 Å². The van der Waals surface area contributed by atoms with Crippen LogP contribution in [0.3, 0.4) is 0 Å². The Kier molecular flexibility index (Phi) is 5.39. The SMILES string of the molecule is CC1=CCC(C2CSC(c3ccc(F)cc3F)=C2C(O)c2cccnc2)S1. The van der Waals surface area contributed by atoms with E-state index >= 15 is 0 Å². The molecule has 0 radical (unpaired) electrons. The fraction of sp³-hybridized carbons (Fsp3) is 0.286. The van der Waals surface area contributed by atoms with Crippen molar-refractivity contribution < 1.29 is 13.9 Å². The maximum atomic E-state index is 14.5. The predicted octanol–water partition coefficient (Wildman–Crippen LogP) is 5.58. The Bertz CT molecular complexity index is 914. The number of benzene rings is 1. The third-order valence-electron chi connectivity index (χ3n) is 4.96. The van der Waals surface area contributed by atoms with Crippen LogP contribution in [0.2, 0.25) is 0 Å². The number of aliphatic hydroxyl groups excluding tert-OH is 1. The topological polar surface area (TPSA) is 33.1 Å². The molecule has 2 nitrogen and oxygen atoms in total. The van der Waals surface area contributed by atoms with Crippen LogP contribution in [-0.2, 0) is 0 Å². The lowest BCUT2D eigenvalue weighted by molar-refractivity contribution is 0.204. The third-order valence-corrected chi connectivity index (χ3v) is 7.60. The van der Waals surface area contributed by atoms with E-state index in [2.05, 4.69) is 18.0 Å². The number of hydrogen-bond donors (Lipinski definition) is 1. The fourth-order valence-corrected chi connectivity index (χ4v) is 6.54. The molecule has 1 aromatic heterocycles. The van der Waals surface area contributed by atoms with Crippen molar-refractivity contribution in [3.63, 3.8) is 0 Å². The number of halogens is 2. The number of hydrogen-bond acceptors (Lipinski definition) is 4. The normalized spacial score (nSPS) is 23.6. The second-order valence-electron chi connectivity index (χ2n) is 6.72. The molecule has 27 heavy (non-hydrogen) atoms. The largest absolute Gasteiger partial charge is 0.384 e. The Morgan fingerprint density at radius 2 is 2.11 bits per heavy atom. The van der Waals surface area contributed by atoms with E-state index in [9.17, 15) is 13.9 Å². The zero-order valence-corrected chi connectivity index (χ0v) is 16.4. The molecule has 0 saturated carbocycles. The van der Waals surface area contributed by atoms with E-state index < -0.39 is 17.7 Å². The van der Waals surface area contributed by atoms with Gasteiger partial charge in [0.05, 0.1) is 0 Å². The first kappa shape index (κ1) is 18.7. The molecule has 2 aliphatic rings. The number of aliphatic hydroxyl groups is 1. The van der Waals surface area contributed by atoms with Gasteiger partial charge in [0, 0.05) is 51.4 Å². The molecule has 6 heteroatoms. The summed E-state index contributed by atoms with van der Waals surface area (Å²) in [4.78, 5) is 6.11. The van der Waals surface area contributed by atoms with Crippen molar-refractivity contribution in [2.24, 2.45) is 5.92 Å². The van der Waals surface area contributed by atoms with E-state index in [0.29, 0.717) is 16.4 Å². The van der Waals surface area contributed by atoms with E-state index in [-0.39, 0.29) is 5.92 Å². The molecule has 2 aliphatic heterocycles. The Morgan fingerprint density at radius 3 is 2.78 bits per heavy atom. The standard InChI is InChI=1S/C21H19F2NOS2/c1-12-4-7-18(27-12)16-11-26-21(15-6-5-14(22)9-17(15)23)19(16)20(25)13-3-2-8-24-10-13/h2-6,8-10,16,18,20,25H,7,11H2,1H3. The van der Waals surface area contributed by atoms with Crippen LogP contribution >= 0.6 is 23.5 Å². The summed E-state index contributed by atoms with van der Waals surface area (Å²) in [5.41, 5.74) is 1.86. The van der Waals surface area contributed by atoms with Crippen LogP contribution in [0.1, 0.15) is 30.6 Å². The second kappa shape index (κ2) is 7.78. The number of nitrogens with zero attached hydrogens (tertiary/aromatic N) is 1. The van der Waals surface area contributed by atoms with Gasteiger partial charge >= 0.3 is 0 Å². The zero-order chi connectivity index (χ0) is 19.0. The smallest absolute Gasteiger partial charge is 0.134 e. The zero-order valence-electron chi connectivity index (χ0n) is 14.7. The van der Waals surface area contributed by atoms with Gasteiger partial charge in [-0.1, -0.05) is 12.1 Å². The minimum absolute atomic E-state index is 0.114. The van der Waals surface area contributed by atoms with Gasteiger partial charge in [-0.3, -0.25) is 4.98 Å². The monoisotopic (exact) mass is 403 g/mol. The van der Waals surface area contributed by atoms with Gasteiger partial charge in [-0.25, -0.2) is 8.78 Å². The number of pyridine rings is 1. The van der Waals surface area contributed by atoms with E-state index in [4.69, 9.17) is 0 Å². The van der Waals surface area contributed by atoms with Gasteiger partial charge in [0.15, 0.2) is 0 Å². The summed E-state index contributed by atoms with van der Waals surface area (Å²) in [7, 11) is 0. The molecular formula is C21H19F2NOS2. The Balaban J connectivity index is 1.80. The van der Waals surface area contributed by atoms with E-state index in [1.807, 2.05) is 17.8 Å². The summed E-state index contributed by atoms with van der Waals surface area (Å²) < 4.78 is 27.9. The minimum atomic E-state index is -0.861. The van der Waals surface area contributed by atoms with Gasteiger partial charge in [-0.15, -0.1) is 23.5 Å². The molecule has 0 bridgehead atoms. The van der Waals surface area contributed by atoms with E-state index in [0.717, 1.165) is 28.7 Å². The van der Waals surface area contributed by atoms with Gasteiger partial charge in [0.25, 0.3) is 0 Å². The van der Waals surface area contributed by atoms with Crippen molar-refractivity contribution in [3.8, 4) is 0 Å². The van der Waals surface area contributed by atoms with Crippen molar-refractivity contribution in [3.05, 3.63) is 82.0 Å². The highest BCUT2D eigenvalue weighted by Gasteiger charge is 2.39. The maximum absolute atomic E-state index is 14.5. The lowest BCUT2D eigenvalue weighted by atomic mass is 9.87. The number of allylic oxidation sites excluding steroid dienone is 2. The van der Waals surface area contributed by atoms with Crippen molar-refractivity contribution in [1.29, 1.82) is 0 Å². The molecule has 1 aromatic carbocycles. The van der Waals surface area contributed by atoms with Crippen LogP contribution in [0, 0.1) is 17.6 Å². The summed E-state index contributed by atoms with van der Waals surface area (Å²) in [6.45, 7) is 2.09. The molecule has 3 heterocycles. The van der Waals surface area contributed by atoms with Crippen LogP contribution in [0.25, 0.3) is 4.91 Å². The molecule has 0 spiro atoms. The first-order valence-electron chi connectivity index (χ1n) is 8.78. The molecular weight excluding hydrogens is 384 g/mol. The summed E-state index contributed by atoms with van der Waals surface area (Å²) in [5, 5.41) is 11.5. The minimum Gasteiger partial charge on any atom is -0.384 e. The van der Waals surface area contributed by atoms with Crippen molar-refractivity contribution in [1.82, 2.24) is 4.98 Å². The van der Waals surface area contributed by atoms with Crippen LogP contribution < -0.4 is 0 Å². The number of rotatable bonds is 4. The molecule has 3 atom stereocenters. The molecule has 1 N–H and O–H groups in total. The van der Waals surface area contributed by atoms with Crippen molar-refractivity contribution >= 4 is 28.4 Å². The van der Waals surface area contributed by atoms with Crippen molar-refractivity contribution in [2.45, 2.75) is 24.7 Å². The van der Waals surface area contributed by atoms with Crippen molar-refractivity contribution in [2.75, 3.05) is 5.75 Å².